The molecule has 0 aromatic carbocycles. The van der Waals surface area contributed by atoms with Crippen LogP contribution in [0.3, 0.4) is 0 Å². The summed E-state index contributed by atoms with van der Waals surface area (Å²) in [6, 6.07) is 0. The highest BCUT2D eigenvalue weighted by atomic mass is 16.6. The van der Waals surface area contributed by atoms with E-state index >= 15 is 0 Å². The largest absolute Gasteiger partial charge is 0.462 e. The van der Waals surface area contributed by atoms with E-state index in [9.17, 15) is 9.59 Å². The van der Waals surface area contributed by atoms with Crippen molar-refractivity contribution in [1.82, 2.24) is 0 Å². The number of hydrogen-bond acceptors (Lipinski definition) is 4. The summed E-state index contributed by atoms with van der Waals surface area (Å²) in [5.41, 5.74) is -0.754. The highest BCUT2D eigenvalue weighted by molar-refractivity contribution is 5.76. The third-order valence-electron chi connectivity index (χ3n) is 9.01. The molecule has 6 rings (SSSR count). The standard InChI is InChI=1S/C24H36O4/c1-23(2,3)22(26)27-20-12-15-10-18(20)19(11-15)21(25)28-24(4)16-6-13-5-14(8-16)9-17(24)7-13/h13-20H,5-12H2,1-4H3. The molecule has 0 heterocycles. The number of esters is 2. The molecule has 4 nitrogen and oxygen atoms in total. The molecule has 6 aliphatic carbocycles. The fourth-order valence-corrected chi connectivity index (χ4v) is 7.59. The minimum Gasteiger partial charge on any atom is -0.462 e. The van der Waals surface area contributed by atoms with E-state index in [1.165, 1.54) is 32.1 Å². The van der Waals surface area contributed by atoms with Gasteiger partial charge < -0.3 is 9.47 Å². The van der Waals surface area contributed by atoms with E-state index in [4.69, 9.17) is 9.47 Å². The second-order valence-electron chi connectivity index (χ2n) is 11.9. The minimum atomic E-state index is -0.494. The molecule has 4 heteroatoms. The molecule has 4 atom stereocenters. The third kappa shape index (κ3) is 2.92. The molecule has 6 fully saturated rings. The van der Waals surface area contributed by atoms with E-state index in [0.29, 0.717) is 17.8 Å². The Kier molecular flexibility index (Phi) is 4.21. The maximum Gasteiger partial charge on any atom is 0.311 e. The monoisotopic (exact) mass is 388 g/mol. The van der Waals surface area contributed by atoms with E-state index in [2.05, 4.69) is 6.92 Å². The summed E-state index contributed by atoms with van der Waals surface area (Å²) in [7, 11) is 0. The molecule has 6 saturated carbocycles. The van der Waals surface area contributed by atoms with Gasteiger partial charge in [0.25, 0.3) is 0 Å². The van der Waals surface area contributed by atoms with E-state index in [0.717, 1.165) is 31.1 Å². The van der Waals surface area contributed by atoms with E-state index in [1.54, 1.807) is 0 Å². The number of ether oxygens (including phenoxy) is 2. The van der Waals surface area contributed by atoms with Gasteiger partial charge in [0.05, 0.1) is 11.3 Å². The summed E-state index contributed by atoms with van der Waals surface area (Å²) in [6.45, 7) is 7.90. The summed E-state index contributed by atoms with van der Waals surface area (Å²) in [6.07, 6.45) is 9.15. The molecular formula is C24H36O4. The van der Waals surface area contributed by atoms with Crippen LogP contribution < -0.4 is 0 Å². The van der Waals surface area contributed by atoms with Crippen molar-refractivity contribution in [3.8, 4) is 0 Å². The number of carbonyl (C=O) groups excluding carboxylic acids is 2. The van der Waals surface area contributed by atoms with Crippen molar-refractivity contribution in [2.45, 2.75) is 90.8 Å². The highest BCUT2D eigenvalue weighted by Gasteiger charge is 2.59. The number of rotatable bonds is 3. The minimum absolute atomic E-state index is 0.000943. The summed E-state index contributed by atoms with van der Waals surface area (Å²) in [5.74, 6) is 3.29. The molecule has 0 amide bonds. The third-order valence-corrected chi connectivity index (χ3v) is 9.01. The van der Waals surface area contributed by atoms with Gasteiger partial charge in [-0.3, -0.25) is 9.59 Å². The molecule has 0 aromatic rings. The molecule has 0 saturated heterocycles. The Morgan fingerprint density at radius 1 is 0.821 bits per heavy atom. The predicted octanol–water partition coefficient (Wildman–Crippen LogP) is 4.75. The zero-order valence-corrected chi connectivity index (χ0v) is 17.9. The fraction of sp³-hybridized carbons (Fsp3) is 0.917. The first-order valence-corrected chi connectivity index (χ1v) is 11.6. The number of fused-ring (bicyclic) bond motifs is 2. The van der Waals surface area contributed by atoms with Crippen LogP contribution in [-0.4, -0.2) is 23.6 Å². The van der Waals surface area contributed by atoms with Crippen LogP contribution in [-0.2, 0) is 19.1 Å². The Labute approximate surface area is 169 Å². The molecule has 0 radical (unpaired) electrons. The SMILES string of the molecule is CC(C)(C)C(=O)OC1CC2CC(C(=O)OC3(C)C4CC5CC(C4)CC3C5)C1C2. The van der Waals surface area contributed by atoms with Crippen molar-refractivity contribution in [2.24, 2.45) is 46.8 Å². The first-order chi connectivity index (χ1) is 13.1. The lowest BCUT2D eigenvalue weighted by Gasteiger charge is -2.59. The first-order valence-electron chi connectivity index (χ1n) is 11.6. The predicted molar refractivity (Wildman–Crippen MR) is 105 cm³/mol. The maximum absolute atomic E-state index is 13.3. The van der Waals surface area contributed by atoms with E-state index in [-0.39, 0.29) is 35.5 Å². The zero-order valence-electron chi connectivity index (χ0n) is 17.9. The average Bonchev–Trinajstić information content (AvgIpc) is 3.18. The fourth-order valence-electron chi connectivity index (χ4n) is 7.59. The number of hydrogen-bond donors (Lipinski definition) is 0. The lowest BCUT2D eigenvalue weighted by Crippen LogP contribution is -2.58. The van der Waals surface area contributed by atoms with Gasteiger partial charge in [0.2, 0.25) is 0 Å². The molecular weight excluding hydrogens is 352 g/mol. The maximum atomic E-state index is 13.3. The lowest BCUT2D eigenvalue weighted by atomic mass is 9.50. The highest BCUT2D eigenvalue weighted by Crippen LogP contribution is 2.60. The van der Waals surface area contributed by atoms with Crippen LogP contribution in [0.15, 0.2) is 0 Å². The first kappa shape index (κ1) is 18.9. The van der Waals surface area contributed by atoms with Gasteiger partial charge in [0.1, 0.15) is 11.7 Å². The van der Waals surface area contributed by atoms with Gasteiger partial charge >= 0.3 is 11.9 Å². The van der Waals surface area contributed by atoms with Gasteiger partial charge in [-0.25, -0.2) is 0 Å². The van der Waals surface area contributed by atoms with E-state index < -0.39 is 5.41 Å². The van der Waals surface area contributed by atoms with Crippen LogP contribution in [0.4, 0.5) is 0 Å². The molecule has 0 spiro atoms. The molecule has 28 heavy (non-hydrogen) atoms. The lowest BCUT2D eigenvalue weighted by molar-refractivity contribution is -0.210. The van der Waals surface area contributed by atoms with Crippen molar-refractivity contribution < 1.29 is 19.1 Å². The smallest absolute Gasteiger partial charge is 0.311 e. The Morgan fingerprint density at radius 3 is 1.93 bits per heavy atom. The second-order valence-corrected chi connectivity index (χ2v) is 11.9. The van der Waals surface area contributed by atoms with Crippen molar-refractivity contribution in [1.29, 1.82) is 0 Å². The van der Waals surface area contributed by atoms with Gasteiger partial charge in [0.15, 0.2) is 0 Å². The molecule has 0 aliphatic heterocycles. The number of carbonyl (C=O) groups is 2. The van der Waals surface area contributed by atoms with Gasteiger partial charge in [-0.15, -0.1) is 0 Å². The average molecular weight is 389 g/mol. The zero-order chi connectivity index (χ0) is 19.8. The molecule has 6 bridgehead atoms. The van der Waals surface area contributed by atoms with Crippen LogP contribution in [0.1, 0.15) is 79.1 Å². The van der Waals surface area contributed by atoms with Crippen LogP contribution >= 0.6 is 0 Å². The van der Waals surface area contributed by atoms with Crippen molar-refractivity contribution in [2.75, 3.05) is 0 Å². The van der Waals surface area contributed by atoms with Crippen LogP contribution in [0.5, 0.6) is 0 Å². The Bertz CT molecular complexity index is 647. The summed E-state index contributed by atoms with van der Waals surface area (Å²) >= 11 is 0. The summed E-state index contributed by atoms with van der Waals surface area (Å²) in [5, 5.41) is 0. The van der Waals surface area contributed by atoms with Gasteiger partial charge in [-0.2, -0.15) is 0 Å². The van der Waals surface area contributed by atoms with Gasteiger partial charge in [-0.05, 0) is 109 Å². The van der Waals surface area contributed by atoms with Gasteiger partial charge in [0, 0.05) is 5.92 Å². The van der Waals surface area contributed by atoms with Gasteiger partial charge in [-0.1, -0.05) is 0 Å². The van der Waals surface area contributed by atoms with E-state index in [1.807, 2.05) is 20.8 Å². The molecule has 4 unspecified atom stereocenters. The van der Waals surface area contributed by atoms with Crippen molar-refractivity contribution in [3.05, 3.63) is 0 Å². The topological polar surface area (TPSA) is 52.6 Å². The normalized spacial score (nSPS) is 48.7. The Morgan fingerprint density at radius 2 is 1.39 bits per heavy atom. The van der Waals surface area contributed by atoms with Crippen molar-refractivity contribution >= 4 is 11.9 Å². The quantitative estimate of drug-likeness (QED) is 0.655. The second kappa shape index (κ2) is 6.22. The Hall–Kier alpha value is -1.06. The van der Waals surface area contributed by atoms with Crippen LogP contribution in [0.2, 0.25) is 0 Å². The summed E-state index contributed by atoms with van der Waals surface area (Å²) in [4.78, 5) is 25.7. The van der Waals surface area contributed by atoms with Crippen LogP contribution in [0, 0.1) is 46.8 Å². The summed E-state index contributed by atoms with van der Waals surface area (Å²) < 4.78 is 12.2. The molecule has 6 aliphatic rings. The molecule has 0 N–H and O–H groups in total. The Balaban J connectivity index is 1.27. The van der Waals surface area contributed by atoms with Crippen molar-refractivity contribution in [3.63, 3.8) is 0 Å². The van der Waals surface area contributed by atoms with Crippen LogP contribution in [0.25, 0.3) is 0 Å². The molecule has 0 aromatic heterocycles. The molecule has 156 valence electrons.